The number of nitrogens with one attached hydrogen (secondary N) is 1. The van der Waals surface area contributed by atoms with Crippen LogP contribution in [0.2, 0.25) is 0 Å². The van der Waals surface area contributed by atoms with E-state index in [-0.39, 0.29) is 11.9 Å². The highest BCUT2D eigenvalue weighted by Gasteiger charge is 2.29. The van der Waals surface area contributed by atoms with Crippen LogP contribution in [0.5, 0.6) is 0 Å². The van der Waals surface area contributed by atoms with Crippen LogP contribution in [0, 0.1) is 0 Å². The van der Waals surface area contributed by atoms with Gasteiger partial charge in [-0.1, -0.05) is 6.92 Å². The van der Waals surface area contributed by atoms with E-state index in [1.165, 1.54) is 0 Å². The molecule has 0 aromatic rings. The van der Waals surface area contributed by atoms with E-state index in [0.717, 1.165) is 25.9 Å². The molecule has 2 unspecified atom stereocenters. The second-order valence-electron chi connectivity index (χ2n) is 3.85. The Labute approximate surface area is 85.8 Å². The molecule has 3 N–H and O–H groups in total. The van der Waals surface area contributed by atoms with Gasteiger partial charge in [-0.15, -0.1) is 0 Å². The predicted molar refractivity (Wildman–Crippen MR) is 56.9 cm³/mol. The van der Waals surface area contributed by atoms with E-state index in [2.05, 4.69) is 24.1 Å². The smallest absolute Gasteiger partial charge is 0.237 e. The molecule has 1 rings (SSSR count). The van der Waals surface area contributed by atoms with Crippen molar-refractivity contribution < 1.29 is 4.79 Å². The number of amides is 1. The molecule has 0 radical (unpaired) electrons. The van der Waals surface area contributed by atoms with Crippen molar-refractivity contribution >= 4 is 5.91 Å². The summed E-state index contributed by atoms with van der Waals surface area (Å²) >= 11 is 0. The molecule has 1 saturated heterocycles. The van der Waals surface area contributed by atoms with Gasteiger partial charge in [-0.05, 0) is 32.9 Å². The van der Waals surface area contributed by atoms with Gasteiger partial charge >= 0.3 is 0 Å². The van der Waals surface area contributed by atoms with Crippen molar-refractivity contribution in [1.82, 2.24) is 10.2 Å². The van der Waals surface area contributed by atoms with Gasteiger partial charge in [0.1, 0.15) is 0 Å². The van der Waals surface area contributed by atoms with Crippen molar-refractivity contribution in [1.29, 1.82) is 0 Å². The van der Waals surface area contributed by atoms with Crippen molar-refractivity contribution in [2.45, 2.75) is 38.8 Å². The molecule has 0 bridgehead atoms. The van der Waals surface area contributed by atoms with E-state index in [4.69, 9.17) is 5.73 Å². The lowest BCUT2D eigenvalue weighted by atomic mass is 10.1. The second-order valence-corrected chi connectivity index (χ2v) is 3.85. The van der Waals surface area contributed by atoms with Gasteiger partial charge in [-0.2, -0.15) is 0 Å². The SMILES string of the molecule is CCN1C(C)CCNC(=O)C1CCN. The molecule has 0 aromatic heterocycles. The van der Waals surface area contributed by atoms with Crippen molar-refractivity contribution in [3.63, 3.8) is 0 Å². The predicted octanol–water partition coefficient (Wildman–Crippen LogP) is -0.0659. The summed E-state index contributed by atoms with van der Waals surface area (Å²) < 4.78 is 0. The van der Waals surface area contributed by atoms with Gasteiger partial charge in [0.25, 0.3) is 0 Å². The Balaban J connectivity index is 2.73. The fourth-order valence-corrected chi connectivity index (χ4v) is 2.13. The summed E-state index contributed by atoms with van der Waals surface area (Å²) in [5.74, 6) is 0.140. The molecule has 4 heteroatoms. The summed E-state index contributed by atoms with van der Waals surface area (Å²) in [5.41, 5.74) is 5.53. The minimum atomic E-state index is -0.0255. The van der Waals surface area contributed by atoms with E-state index in [1.54, 1.807) is 0 Å². The first-order valence-corrected chi connectivity index (χ1v) is 5.44. The van der Waals surface area contributed by atoms with Crippen molar-refractivity contribution in [3.05, 3.63) is 0 Å². The fourth-order valence-electron chi connectivity index (χ4n) is 2.13. The molecular formula is C10H21N3O. The molecule has 1 heterocycles. The minimum Gasteiger partial charge on any atom is -0.355 e. The average Bonchev–Trinajstić information content (AvgIpc) is 2.28. The summed E-state index contributed by atoms with van der Waals surface area (Å²) in [5, 5.41) is 2.94. The zero-order valence-corrected chi connectivity index (χ0v) is 9.12. The molecule has 2 atom stereocenters. The molecule has 1 aliphatic rings. The van der Waals surface area contributed by atoms with Crippen molar-refractivity contribution in [3.8, 4) is 0 Å². The molecule has 1 amide bonds. The molecule has 14 heavy (non-hydrogen) atoms. The van der Waals surface area contributed by atoms with Gasteiger partial charge in [-0.3, -0.25) is 9.69 Å². The maximum atomic E-state index is 11.7. The average molecular weight is 199 g/mol. The van der Waals surface area contributed by atoms with Gasteiger partial charge in [0, 0.05) is 12.6 Å². The lowest BCUT2D eigenvalue weighted by Crippen LogP contribution is -2.47. The van der Waals surface area contributed by atoms with Crippen molar-refractivity contribution in [2.75, 3.05) is 19.6 Å². The van der Waals surface area contributed by atoms with Crippen LogP contribution in [-0.2, 0) is 4.79 Å². The Morgan fingerprint density at radius 1 is 1.64 bits per heavy atom. The third-order valence-electron chi connectivity index (χ3n) is 2.94. The molecule has 4 nitrogen and oxygen atoms in total. The molecular weight excluding hydrogens is 178 g/mol. The quantitative estimate of drug-likeness (QED) is 0.669. The molecule has 0 saturated carbocycles. The van der Waals surface area contributed by atoms with Gasteiger partial charge in [0.05, 0.1) is 6.04 Å². The van der Waals surface area contributed by atoms with E-state index in [1.807, 2.05) is 0 Å². The number of carbonyl (C=O) groups is 1. The fraction of sp³-hybridized carbons (Fsp3) is 0.900. The lowest BCUT2D eigenvalue weighted by Gasteiger charge is -2.31. The molecule has 82 valence electrons. The van der Waals surface area contributed by atoms with Crippen LogP contribution in [0.4, 0.5) is 0 Å². The van der Waals surface area contributed by atoms with Crippen LogP contribution < -0.4 is 11.1 Å². The van der Waals surface area contributed by atoms with Gasteiger partial charge in [-0.25, -0.2) is 0 Å². The summed E-state index contributed by atoms with van der Waals surface area (Å²) in [6.45, 7) is 6.55. The Kier molecular flexibility index (Phi) is 4.35. The van der Waals surface area contributed by atoms with E-state index < -0.39 is 0 Å². The third-order valence-corrected chi connectivity index (χ3v) is 2.94. The topological polar surface area (TPSA) is 58.4 Å². The minimum absolute atomic E-state index is 0.0255. The largest absolute Gasteiger partial charge is 0.355 e. The summed E-state index contributed by atoms with van der Waals surface area (Å²) in [4.78, 5) is 14.0. The number of rotatable bonds is 3. The highest BCUT2D eigenvalue weighted by molar-refractivity contribution is 5.82. The van der Waals surface area contributed by atoms with Gasteiger partial charge < -0.3 is 11.1 Å². The summed E-state index contributed by atoms with van der Waals surface area (Å²) in [6, 6.07) is 0.443. The van der Waals surface area contributed by atoms with Crippen LogP contribution in [0.1, 0.15) is 26.7 Å². The maximum absolute atomic E-state index is 11.7. The first kappa shape index (κ1) is 11.5. The first-order valence-electron chi connectivity index (χ1n) is 5.44. The zero-order chi connectivity index (χ0) is 10.6. The number of likely N-dealkylation sites (N-methyl/N-ethyl adjacent to an activating group) is 1. The normalized spacial score (nSPS) is 29.8. The zero-order valence-electron chi connectivity index (χ0n) is 9.12. The Bertz CT molecular complexity index is 196. The maximum Gasteiger partial charge on any atom is 0.237 e. The number of hydrogen-bond donors (Lipinski definition) is 2. The molecule has 0 aromatic carbocycles. The summed E-state index contributed by atoms with van der Waals surface area (Å²) in [6.07, 6.45) is 1.78. The van der Waals surface area contributed by atoms with E-state index >= 15 is 0 Å². The van der Waals surface area contributed by atoms with Gasteiger partial charge in [0.2, 0.25) is 5.91 Å². The Morgan fingerprint density at radius 3 is 2.93 bits per heavy atom. The van der Waals surface area contributed by atoms with Crippen LogP contribution in [0.3, 0.4) is 0 Å². The highest BCUT2D eigenvalue weighted by atomic mass is 16.2. The number of nitrogens with zero attached hydrogens (tertiary/aromatic N) is 1. The Hall–Kier alpha value is -0.610. The number of nitrogens with two attached hydrogens (primary N) is 1. The molecule has 1 fully saturated rings. The first-order chi connectivity index (χ1) is 6.70. The van der Waals surface area contributed by atoms with Crippen molar-refractivity contribution in [2.24, 2.45) is 5.73 Å². The van der Waals surface area contributed by atoms with E-state index in [0.29, 0.717) is 12.6 Å². The highest BCUT2D eigenvalue weighted by Crippen LogP contribution is 2.14. The van der Waals surface area contributed by atoms with E-state index in [9.17, 15) is 4.79 Å². The molecule has 0 aliphatic carbocycles. The summed E-state index contributed by atoms with van der Waals surface area (Å²) in [7, 11) is 0. The van der Waals surface area contributed by atoms with Crippen LogP contribution in [0.15, 0.2) is 0 Å². The van der Waals surface area contributed by atoms with Crippen LogP contribution in [-0.4, -0.2) is 42.5 Å². The number of hydrogen-bond acceptors (Lipinski definition) is 3. The molecule has 1 aliphatic heterocycles. The van der Waals surface area contributed by atoms with Crippen LogP contribution in [0.25, 0.3) is 0 Å². The van der Waals surface area contributed by atoms with Crippen LogP contribution >= 0.6 is 0 Å². The Morgan fingerprint density at radius 2 is 2.36 bits per heavy atom. The third kappa shape index (κ3) is 2.45. The monoisotopic (exact) mass is 199 g/mol. The lowest BCUT2D eigenvalue weighted by molar-refractivity contribution is -0.126. The number of carbonyl (C=O) groups excluding carboxylic acids is 1. The molecule has 0 spiro atoms. The second kappa shape index (κ2) is 5.32. The standard InChI is InChI=1S/C10H21N3O/c1-3-13-8(2)5-7-12-10(14)9(13)4-6-11/h8-9H,3-7,11H2,1-2H3,(H,12,14). The van der Waals surface area contributed by atoms with Gasteiger partial charge in [0.15, 0.2) is 0 Å².